The first-order valence-corrected chi connectivity index (χ1v) is 19.6. The van der Waals surface area contributed by atoms with Gasteiger partial charge in [0.15, 0.2) is 0 Å². The fraction of sp³-hybridized carbons (Fsp3) is 1.00. The molecule has 0 aliphatic heterocycles. The third-order valence-corrected chi connectivity index (χ3v) is 9.18. The highest BCUT2D eigenvalue weighted by Gasteiger charge is 1.99. The topological polar surface area (TPSA) is 41.5 Å². The second kappa shape index (κ2) is 37.3. The molecule has 3 nitrogen and oxygen atoms in total. The normalized spacial score (nSPS) is 11.7. The van der Waals surface area contributed by atoms with Gasteiger partial charge < -0.3 is 13.9 Å². The monoisotopic (exact) mass is 586 g/mol. The molecule has 0 aromatic carbocycles. The molecule has 0 unspecified atom stereocenters. The van der Waals surface area contributed by atoms with Crippen molar-refractivity contribution in [2.24, 2.45) is 0 Å². The Kier molecular flexibility index (Phi) is 37.6. The molecule has 242 valence electrons. The fourth-order valence-corrected chi connectivity index (χ4v) is 6.25. The number of rotatable bonds is 36. The Hall–Kier alpha value is 0.310. The minimum absolute atomic E-state index is 0.576. The lowest BCUT2D eigenvalue weighted by Gasteiger charge is -2.22. The van der Waals surface area contributed by atoms with Crippen LogP contribution in [-0.4, -0.2) is 13.2 Å². The first-order chi connectivity index (χ1) is 19.8. The highest BCUT2D eigenvalue weighted by atomic mass is 31.2. The minimum atomic E-state index is -1.92. The van der Waals surface area contributed by atoms with E-state index < -0.39 is 8.60 Å². The van der Waals surface area contributed by atoms with Gasteiger partial charge in [0.25, 0.3) is 0 Å². The van der Waals surface area contributed by atoms with Gasteiger partial charge in [0.05, 0.1) is 21.8 Å². The lowest BCUT2D eigenvalue weighted by molar-refractivity contribution is -0.204. The Morgan fingerprint density at radius 2 is 0.475 bits per heavy atom. The number of hydrogen-bond acceptors (Lipinski definition) is 3. The second-order valence-corrected chi connectivity index (χ2v) is 13.5. The van der Waals surface area contributed by atoms with Crippen LogP contribution in [0.4, 0.5) is 0 Å². The average Bonchev–Trinajstić information content (AvgIpc) is 2.96. The molecule has 0 radical (unpaired) electrons. The van der Waals surface area contributed by atoms with Crippen molar-refractivity contribution < 1.29 is 13.9 Å². The molecule has 0 saturated carbocycles. The van der Waals surface area contributed by atoms with Gasteiger partial charge in [-0.25, -0.2) is 0 Å². The van der Waals surface area contributed by atoms with E-state index >= 15 is 0 Å². The molecule has 0 spiro atoms. The van der Waals surface area contributed by atoms with E-state index in [0.717, 1.165) is 12.8 Å². The van der Waals surface area contributed by atoms with Gasteiger partial charge in [0, 0.05) is 0 Å². The summed E-state index contributed by atoms with van der Waals surface area (Å²) < 4.78 is 10.8. The number of unbranched alkanes of at least 4 members (excludes halogenated alkanes) is 30. The Morgan fingerprint density at radius 3 is 0.675 bits per heavy atom. The first-order valence-electron chi connectivity index (χ1n) is 18.5. The molecule has 0 aromatic heterocycles. The summed E-state index contributed by atoms with van der Waals surface area (Å²) in [4.78, 5) is 11.9. The van der Waals surface area contributed by atoms with E-state index in [1.54, 1.807) is 0 Å². The third kappa shape index (κ3) is 36.3. The molecular weight excluding hydrogens is 511 g/mol. The van der Waals surface area contributed by atoms with Gasteiger partial charge in [-0.2, -0.15) is 0 Å². The highest BCUT2D eigenvalue weighted by Crippen LogP contribution is 2.28. The predicted molar refractivity (Wildman–Crippen MR) is 178 cm³/mol. The standard InChI is InChI=1S/C36H74O3P/c1-3-5-7-9-11-13-15-17-19-21-23-25-27-29-31-33-35-38-40(37)39-36-34-32-30-28-26-24-22-20-18-16-14-12-10-8-6-4-2/h3-36H2,1-2H3/q-1. The van der Waals surface area contributed by atoms with Gasteiger partial charge in [0.2, 0.25) is 0 Å². The Morgan fingerprint density at radius 1 is 0.300 bits per heavy atom. The van der Waals surface area contributed by atoms with E-state index in [2.05, 4.69) is 13.8 Å². The molecule has 0 heterocycles. The smallest absolute Gasteiger partial charge is 0.0828 e. The first kappa shape index (κ1) is 40.3. The van der Waals surface area contributed by atoms with Crippen LogP contribution >= 0.6 is 8.60 Å². The summed E-state index contributed by atoms with van der Waals surface area (Å²) >= 11 is 0. The third-order valence-electron chi connectivity index (χ3n) is 8.39. The maximum absolute atomic E-state index is 11.9. The van der Waals surface area contributed by atoms with Gasteiger partial charge in [-0.1, -0.05) is 206 Å². The molecule has 0 fully saturated rings. The molecule has 0 N–H and O–H groups in total. The van der Waals surface area contributed by atoms with E-state index in [-0.39, 0.29) is 0 Å². The zero-order valence-electron chi connectivity index (χ0n) is 27.7. The van der Waals surface area contributed by atoms with Crippen LogP contribution < -0.4 is 4.89 Å². The zero-order valence-corrected chi connectivity index (χ0v) is 28.6. The van der Waals surface area contributed by atoms with Crippen LogP contribution in [0.1, 0.15) is 219 Å². The van der Waals surface area contributed by atoms with Crippen molar-refractivity contribution in [3.63, 3.8) is 0 Å². The van der Waals surface area contributed by atoms with E-state index in [4.69, 9.17) is 9.05 Å². The van der Waals surface area contributed by atoms with Gasteiger partial charge >= 0.3 is 0 Å². The van der Waals surface area contributed by atoms with Crippen molar-refractivity contribution in [2.75, 3.05) is 13.2 Å². The van der Waals surface area contributed by atoms with Gasteiger partial charge in [-0.15, -0.1) is 0 Å². The quantitative estimate of drug-likeness (QED) is 0.0542. The Balaban J connectivity index is 3.13. The Labute approximate surface area is 254 Å². The van der Waals surface area contributed by atoms with Crippen LogP contribution in [0.3, 0.4) is 0 Å². The lowest BCUT2D eigenvalue weighted by Crippen LogP contribution is -2.05. The van der Waals surface area contributed by atoms with Crippen LogP contribution in [0.5, 0.6) is 0 Å². The maximum Gasteiger partial charge on any atom is 0.0828 e. The Bertz CT molecular complexity index is 396. The van der Waals surface area contributed by atoms with E-state index in [1.165, 1.54) is 193 Å². The molecule has 0 saturated heterocycles. The molecular formula is C36H74O3P-. The van der Waals surface area contributed by atoms with Crippen molar-refractivity contribution >= 4 is 8.60 Å². The molecule has 0 rings (SSSR count). The molecule has 0 aliphatic rings. The molecule has 0 aromatic rings. The van der Waals surface area contributed by atoms with E-state index in [0.29, 0.717) is 13.2 Å². The molecule has 0 amide bonds. The van der Waals surface area contributed by atoms with E-state index in [9.17, 15) is 4.89 Å². The summed E-state index contributed by atoms with van der Waals surface area (Å²) in [7, 11) is -1.92. The van der Waals surface area contributed by atoms with Gasteiger partial charge in [-0.3, -0.25) is 0 Å². The minimum Gasteiger partial charge on any atom is -0.786 e. The zero-order chi connectivity index (χ0) is 29.0. The SMILES string of the molecule is CCCCCCCCCCCCCCCCCCOP([O-])OCCCCCCCCCCCCCCCCCC. The van der Waals surface area contributed by atoms with Crippen molar-refractivity contribution in [3.05, 3.63) is 0 Å². The van der Waals surface area contributed by atoms with Crippen LogP contribution in [0.2, 0.25) is 0 Å². The predicted octanol–water partition coefficient (Wildman–Crippen LogP) is 13.1. The van der Waals surface area contributed by atoms with Crippen molar-refractivity contribution in [3.8, 4) is 0 Å². The van der Waals surface area contributed by atoms with Crippen molar-refractivity contribution in [1.82, 2.24) is 0 Å². The van der Waals surface area contributed by atoms with Gasteiger partial charge in [0.1, 0.15) is 0 Å². The summed E-state index contributed by atoms with van der Waals surface area (Å²) in [5.74, 6) is 0. The molecule has 4 heteroatoms. The van der Waals surface area contributed by atoms with Crippen molar-refractivity contribution in [1.29, 1.82) is 0 Å². The van der Waals surface area contributed by atoms with Crippen molar-refractivity contribution in [2.45, 2.75) is 219 Å². The lowest BCUT2D eigenvalue weighted by atomic mass is 10.0. The van der Waals surface area contributed by atoms with Crippen LogP contribution in [0, 0.1) is 0 Å². The highest BCUT2D eigenvalue weighted by molar-refractivity contribution is 7.39. The average molecular weight is 586 g/mol. The summed E-state index contributed by atoms with van der Waals surface area (Å²) in [6.07, 6.45) is 43.6. The van der Waals surface area contributed by atoms with Crippen LogP contribution in [0.25, 0.3) is 0 Å². The summed E-state index contributed by atoms with van der Waals surface area (Å²) in [6, 6.07) is 0. The van der Waals surface area contributed by atoms with Crippen LogP contribution in [-0.2, 0) is 9.05 Å². The van der Waals surface area contributed by atoms with Gasteiger partial charge in [-0.05, 0) is 12.8 Å². The summed E-state index contributed by atoms with van der Waals surface area (Å²) in [5.41, 5.74) is 0. The molecule has 0 bridgehead atoms. The second-order valence-electron chi connectivity index (χ2n) is 12.5. The molecule has 40 heavy (non-hydrogen) atoms. The summed E-state index contributed by atoms with van der Waals surface area (Å²) in [5, 5.41) is 0. The molecule has 0 atom stereocenters. The largest absolute Gasteiger partial charge is 0.786 e. The van der Waals surface area contributed by atoms with E-state index in [1.807, 2.05) is 0 Å². The number of hydrogen-bond donors (Lipinski definition) is 0. The fourth-order valence-electron chi connectivity index (χ4n) is 5.62. The summed E-state index contributed by atoms with van der Waals surface area (Å²) in [6.45, 7) is 5.73. The molecule has 0 aliphatic carbocycles. The maximum atomic E-state index is 11.9. The van der Waals surface area contributed by atoms with Crippen LogP contribution in [0.15, 0.2) is 0 Å².